The van der Waals surface area contributed by atoms with E-state index in [0.717, 1.165) is 52.5 Å². The third kappa shape index (κ3) is 5.75. The normalized spacial score (nSPS) is 25.7. The number of likely N-dealkylation sites (tertiary alicyclic amines) is 1. The van der Waals surface area contributed by atoms with Crippen LogP contribution in [0.15, 0.2) is 0 Å². The average molecular weight is 285 g/mol. The van der Waals surface area contributed by atoms with Gasteiger partial charge in [0.1, 0.15) is 0 Å². The number of nitrogens with zero attached hydrogens (tertiary/aromatic N) is 2. The summed E-state index contributed by atoms with van der Waals surface area (Å²) >= 11 is 0. The molecule has 1 atom stereocenters. The maximum atomic E-state index is 10.5. The number of hydrogen-bond donors (Lipinski definition) is 2. The van der Waals surface area contributed by atoms with Gasteiger partial charge in [-0.05, 0) is 31.8 Å². The van der Waals surface area contributed by atoms with Crippen LogP contribution in [0, 0.1) is 5.92 Å². The van der Waals surface area contributed by atoms with Crippen LogP contribution in [0.2, 0.25) is 0 Å². The number of carboxylic acids is 1. The van der Waals surface area contributed by atoms with Crippen molar-refractivity contribution >= 4 is 5.97 Å². The molecule has 2 N–H and O–H groups in total. The van der Waals surface area contributed by atoms with Crippen LogP contribution in [0.3, 0.4) is 0 Å². The van der Waals surface area contributed by atoms with E-state index < -0.39 is 5.97 Å². The molecular formula is C14H27N3O3. The van der Waals surface area contributed by atoms with Gasteiger partial charge in [0.25, 0.3) is 0 Å². The first-order valence-corrected chi connectivity index (χ1v) is 7.69. The molecular weight excluding hydrogens is 258 g/mol. The zero-order chi connectivity index (χ0) is 14.2. The highest BCUT2D eigenvalue weighted by Crippen LogP contribution is 2.15. The smallest absolute Gasteiger partial charge is 0.317 e. The first kappa shape index (κ1) is 15.7. The monoisotopic (exact) mass is 285 g/mol. The van der Waals surface area contributed by atoms with Gasteiger partial charge in [0.05, 0.1) is 19.8 Å². The van der Waals surface area contributed by atoms with Crippen LogP contribution in [0.1, 0.15) is 12.8 Å². The van der Waals surface area contributed by atoms with Gasteiger partial charge in [-0.1, -0.05) is 0 Å². The Labute approximate surface area is 121 Å². The summed E-state index contributed by atoms with van der Waals surface area (Å²) in [6.07, 6.45) is 2.43. The highest BCUT2D eigenvalue weighted by atomic mass is 16.5. The molecule has 0 aromatic rings. The lowest BCUT2D eigenvalue weighted by atomic mass is 9.98. The molecule has 0 aliphatic carbocycles. The van der Waals surface area contributed by atoms with Gasteiger partial charge in [-0.15, -0.1) is 0 Å². The van der Waals surface area contributed by atoms with Gasteiger partial charge in [0, 0.05) is 32.7 Å². The van der Waals surface area contributed by atoms with E-state index in [9.17, 15) is 4.79 Å². The molecule has 0 aromatic heterocycles. The lowest BCUT2D eigenvalue weighted by Crippen LogP contribution is -2.45. The predicted octanol–water partition coefficient (Wildman–Crippen LogP) is -0.295. The van der Waals surface area contributed by atoms with Crippen molar-refractivity contribution < 1.29 is 14.6 Å². The van der Waals surface area contributed by atoms with Gasteiger partial charge in [-0.25, -0.2) is 0 Å². The fourth-order valence-corrected chi connectivity index (χ4v) is 3.01. The molecule has 116 valence electrons. The van der Waals surface area contributed by atoms with Crippen molar-refractivity contribution in [2.24, 2.45) is 5.92 Å². The first-order chi connectivity index (χ1) is 9.74. The number of aliphatic carboxylic acids is 1. The van der Waals surface area contributed by atoms with Crippen molar-refractivity contribution in [2.75, 3.05) is 65.6 Å². The van der Waals surface area contributed by atoms with Crippen molar-refractivity contribution in [1.29, 1.82) is 0 Å². The second-order valence-corrected chi connectivity index (χ2v) is 5.79. The molecule has 0 aromatic carbocycles. The number of rotatable bonds is 7. The average Bonchev–Trinajstić information content (AvgIpc) is 2.46. The molecule has 0 amide bonds. The van der Waals surface area contributed by atoms with Crippen LogP contribution in [0.4, 0.5) is 0 Å². The second kappa shape index (κ2) is 8.56. The molecule has 0 bridgehead atoms. The molecule has 20 heavy (non-hydrogen) atoms. The Hall–Kier alpha value is -0.690. The number of morpholine rings is 1. The Morgan fingerprint density at radius 2 is 1.95 bits per heavy atom. The Balaban J connectivity index is 1.61. The molecule has 2 heterocycles. The number of hydrogen-bond acceptors (Lipinski definition) is 5. The summed E-state index contributed by atoms with van der Waals surface area (Å²) in [4.78, 5) is 15.5. The molecule has 2 saturated heterocycles. The van der Waals surface area contributed by atoms with Gasteiger partial charge in [-0.3, -0.25) is 9.69 Å². The quantitative estimate of drug-likeness (QED) is 0.670. The van der Waals surface area contributed by atoms with E-state index in [1.165, 1.54) is 19.4 Å². The first-order valence-electron chi connectivity index (χ1n) is 7.69. The van der Waals surface area contributed by atoms with Crippen LogP contribution in [-0.4, -0.2) is 86.4 Å². The molecule has 2 aliphatic rings. The van der Waals surface area contributed by atoms with Crippen molar-refractivity contribution in [3.05, 3.63) is 0 Å². The number of ether oxygens (including phenoxy) is 1. The van der Waals surface area contributed by atoms with Crippen molar-refractivity contribution in [3.8, 4) is 0 Å². The largest absolute Gasteiger partial charge is 0.480 e. The molecule has 6 heteroatoms. The van der Waals surface area contributed by atoms with E-state index in [-0.39, 0.29) is 6.54 Å². The summed E-state index contributed by atoms with van der Waals surface area (Å²) < 4.78 is 5.36. The number of carboxylic acid groups (broad SMARTS) is 1. The Kier molecular flexibility index (Phi) is 6.72. The van der Waals surface area contributed by atoms with Crippen LogP contribution in [0.5, 0.6) is 0 Å². The zero-order valence-electron chi connectivity index (χ0n) is 12.2. The maximum absolute atomic E-state index is 10.5. The summed E-state index contributed by atoms with van der Waals surface area (Å²) in [6.45, 7) is 9.24. The van der Waals surface area contributed by atoms with Crippen LogP contribution in [0.25, 0.3) is 0 Å². The predicted molar refractivity (Wildman–Crippen MR) is 76.9 cm³/mol. The van der Waals surface area contributed by atoms with Crippen LogP contribution >= 0.6 is 0 Å². The van der Waals surface area contributed by atoms with Gasteiger partial charge in [-0.2, -0.15) is 0 Å². The topological polar surface area (TPSA) is 65.0 Å². The third-order valence-corrected chi connectivity index (χ3v) is 4.15. The molecule has 2 aliphatic heterocycles. The Morgan fingerprint density at radius 1 is 1.20 bits per heavy atom. The Morgan fingerprint density at radius 3 is 2.70 bits per heavy atom. The van der Waals surface area contributed by atoms with Gasteiger partial charge in [0.15, 0.2) is 0 Å². The van der Waals surface area contributed by atoms with E-state index in [4.69, 9.17) is 9.84 Å². The fraction of sp³-hybridized carbons (Fsp3) is 0.929. The summed E-state index contributed by atoms with van der Waals surface area (Å²) in [7, 11) is 0. The molecule has 0 spiro atoms. The van der Waals surface area contributed by atoms with Crippen LogP contribution in [-0.2, 0) is 9.53 Å². The van der Waals surface area contributed by atoms with E-state index in [1.54, 1.807) is 0 Å². The van der Waals surface area contributed by atoms with Gasteiger partial charge >= 0.3 is 5.97 Å². The number of nitrogens with one attached hydrogen (secondary N) is 1. The zero-order valence-corrected chi connectivity index (χ0v) is 12.2. The van der Waals surface area contributed by atoms with Crippen molar-refractivity contribution in [3.63, 3.8) is 0 Å². The highest BCUT2D eigenvalue weighted by molar-refractivity contribution is 5.68. The van der Waals surface area contributed by atoms with E-state index in [2.05, 4.69) is 15.1 Å². The second-order valence-electron chi connectivity index (χ2n) is 5.79. The minimum atomic E-state index is -0.773. The minimum absolute atomic E-state index is 0.0737. The summed E-state index contributed by atoms with van der Waals surface area (Å²) in [5.41, 5.74) is 0. The minimum Gasteiger partial charge on any atom is -0.480 e. The van der Waals surface area contributed by atoms with Crippen molar-refractivity contribution in [2.45, 2.75) is 12.8 Å². The Bertz CT molecular complexity index is 295. The van der Waals surface area contributed by atoms with E-state index in [0.29, 0.717) is 5.92 Å². The lowest BCUT2D eigenvalue weighted by Gasteiger charge is -2.35. The van der Waals surface area contributed by atoms with Crippen LogP contribution < -0.4 is 5.32 Å². The highest BCUT2D eigenvalue weighted by Gasteiger charge is 2.20. The van der Waals surface area contributed by atoms with E-state index in [1.807, 2.05) is 0 Å². The molecule has 0 radical (unpaired) electrons. The fourth-order valence-electron chi connectivity index (χ4n) is 3.01. The molecule has 1 unspecified atom stereocenters. The summed E-state index contributed by atoms with van der Waals surface area (Å²) in [5, 5.41) is 11.7. The lowest BCUT2D eigenvalue weighted by molar-refractivity contribution is -0.136. The molecule has 2 fully saturated rings. The molecule has 6 nitrogen and oxygen atoms in total. The third-order valence-electron chi connectivity index (χ3n) is 4.15. The van der Waals surface area contributed by atoms with Crippen molar-refractivity contribution in [1.82, 2.24) is 15.1 Å². The van der Waals surface area contributed by atoms with E-state index >= 15 is 0 Å². The standard InChI is InChI=1S/C14H27N3O3/c18-14(19)11-15-10-13-2-1-3-17(12-13)5-4-16-6-8-20-9-7-16/h13,15H,1-12H2,(H,18,19). The van der Waals surface area contributed by atoms with Gasteiger partial charge in [0.2, 0.25) is 0 Å². The number of carbonyl (C=O) groups is 1. The maximum Gasteiger partial charge on any atom is 0.317 e. The summed E-state index contributed by atoms with van der Waals surface area (Å²) in [6, 6.07) is 0. The molecule has 2 rings (SSSR count). The van der Waals surface area contributed by atoms with Gasteiger partial charge < -0.3 is 20.1 Å². The summed E-state index contributed by atoms with van der Waals surface area (Å²) in [5.74, 6) is -0.183. The SMILES string of the molecule is O=C(O)CNCC1CCCN(CCN2CCOCC2)C1. The molecule has 0 saturated carbocycles. The number of piperidine rings is 1.